The summed E-state index contributed by atoms with van der Waals surface area (Å²) in [4.78, 5) is 4.51. The molecule has 0 aromatic carbocycles. The maximum absolute atomic E-state index is 4.51. The van der Waals surface area contributed by atoms with Gasteiger partial charge in [-0.05, 0) is 56.1 Å². The first-order valence-electron chi connectivity index (χ1n) is 7.30. The Morgan fingerprint density at radius 2 is 2.21 bits per heavy atom. The van der Waals surface area contributed by atoms with Crippen LogP contribution in [0.4, 0.5) is 0 Å². The molecule has 1 aliphatic carbocycles. The summed E-state index contributed by atoms with van der Waals surface area (Å²) in [7, 11) is 0. The second-order valence-electron chi connectivity index (χ2n) is 5.75. The highest BCUT2D eigenvalue weighted by molar-refractivity contribution is 8.01. The molecule has 1 heterocycles. The Balaban J connectivity index is 2.02. The van der Waals surface area contributed by atoms with Crippen LogP contribution in [0.5, 0.6) is 0 Å². The molecule has 0 amide bonds. The van der Waals surface area contributed by atoms with Crippen LogP contribution in [0.2, 0.25) is 0 Å². The second kappa shape index (κ2) is 7.04. The van der Waals surface area contributed by atoms with Gasteiger partial charge in [-0.2, -0.15) is 4.37 Å². The molecule has 1 aromatic rings. The minimum Gasteiger partial charge on any atom is -0.313 e. The monoisotopic (exact) mass is 299 g/mol. The number of hydrogen-bond donors (Lipinski definition) is 1. The Labute approximate surface area is 125 Å². The van der Waals surface area contributed by atoms with Crippen molar-refractivity contribution in [1.82, 2.24) is 14.7 Å². The molecule has 0 saturated heterocycles. The lowest BCUT2D eigenvalue weighted by Crippen LogP contribution is -2.43. The van der Waals surface area contributed by atoms with Crippen molar-refractivity contribution in [2.75, 3.05) is 6.54 Å². The molecule has 1 aliphatic rings. The van der Waals surface area contributed by atoms with Gasteiger partial charge < -0.3 is 5.32 Å². The molecule has 19 heavy (non-hydrogen) atoms. The zero-order valence-electron chi connectivity index (χ0n) is 12.3. The molecular formula is C14H25N3S2. The van der Waals surface area contributed by atoms with Crippen molar-refractivity contribution in [1.29, 1.82) is 0 Å². The van der Waals surface area contributed by atoms with E-state index in [0.717, 1.165) is 28.5 Å². The first kappa shape index (κ1) is 15.3. The van der Waals surface area contributed by atoms with Crippen LogP contribution in [0, 0.1) is 18.8 Å². The minimum absolute atomic E-state index is 0.634. The zero-order chi connectivity index (χ0) is 13.8. The lowest BCUT2D eigenvalue weighted by atomic mass is 9.79. The number of aromatic nitrogens is 2. The Bertz CT molecular complexity index is 392. The lowest BCUT2D eigenvalue weighted by Gasteiger charge is -2.37. The molecule has 1 saturated carbocycles. The minimum atomic E-state index is 0.634. The molecule has 0 radical (unpaired) electrons. The van der Waals surface area contributed by atoms with Gasteiger partial charge in [-0.15, -0.1) is 0 Å². The Morgan fingerprint density at radius 3 is 2.79 bits per heavy atom. The van der Waals surface area contributed by atoms with Crippen LogP contribution in [0.1, 0.15) is 45.9 Å². The number of aryl methyl sites for hydroxylation is 1. The molecular weight excluding hydrogens is 274 g/mol. The van der Waals surface area contributed by atoms with Gasteiger partial charge in [-0.1, -0.05) is 32.5 Å². The number of nitrogens with one attached hydrogen (secondary N) is 1. The average molecular weight is 300 g/mol. The van der Waals surface area contributed by atoms with Crippen LogP contribution < -0.4 is 5.32 Å². The molecule has 3 unspecified atom stereocenters. The molecule has 5 heteroatoms. The molecule has 1 aromatic heterocycles. The van der Waals surface area contributed by atoms with Gasteiger partial charge in [0.25, 0.3) is 0 Å². The second-order valence-corrected chi connectivity index (χ2v) is 7.98. The van der Waals surface area contributed by atoms with Gasteiger partial charge in [0.05, 0.1) is 0 Å². The topological polar surface area (TPSA) is 37.8 Å². The first-order chi connectivity index (χ1) is 9.10. The van der Waals surface area contributed by atoms with Crippen LogP contribution in [-0.4, -0.2) is 27.2 Å². The van der Waals surface area contributed by atoms with Gasteiger partial charge in [0, 0.05) is 11.3 Å². The summed E-state index contributed by atoms with van der Waals surface area (Å²) in [6, 6.07) is 0.634. The summed E-state index contributed by atoms with van der Waals surface area (Å²) in [6.45, 7) is 9.94. The maximum Gasteiger partial charge on any atom is 0.170 e. The van der Waals surface area contributed by atoms with Crippen molar-refractivity contribution >= 4 is 23.3 Å². The van der Waals surface area contributed by atoms with Crippen molar-refractivity contribution in [2.45, 2.75) is 62.6 Å². The fourth-order valence-electron chi connectivity index (χ4n) is 2.85. The SMILES string of the molecule is CCNC1CCC(C(C)C)CC1Sc1nc(C)ns1. The van der Waals surface area contributed by atoms with E-state index in [9.17, 15) is 0 Å². The number of nitrogens with zero attached hydrogens (tertiary/aromatic N) is 2. The predicted molar refractivity (Wildman–Crippen MR) is 83.9 cm³/mol. The third-order valence-corrected chi connectivity index (χ3v) is 6.23. The highest BCUT2D eigenvalue weighted by Gasteiger charge is 2.32. The third-order valence-electron chi connectivity index (χ3n) is 4.00. The number of thioether (sulfide) groups is 1. The van der Waals surface area contributed by atoms with Crippen molar-refractivity contribution in [2.24, 2.45) is 11.8 Å². The molecule has 2 rings (SSSR count). The average Bonchev–Trinajstić information content (AvgIpc) is 2.77. The Morgan fingerprint density at radius 1 is 1.42 bits per heavy atom. The number of rotatable bonds is 5. The quantitative estimate of drug-likeness (QED) is 0.899. The van der Waals surface area contributed by atoms with Crippen LogP contribution in [0.3, 0.4) is 0 Å². The molecule has 0 bridgehead atoms. The maximum atomic E-state index is 4.51. The van der Waals surface area contributed by atoms with Crippen LogP contribution in [0.15, 0.2) is 4.34 Å². The molecule has 3 atom stereocenters. The summed E-state index contributed by atoms with van der Waals surface area (Å²) in [5.41, 5.74) is 0. The van der Waals surface area contributed by atoms with Gasteiger partial charge in [0.2, 0.25) is 0 Å². The summed E-state index contributed by atoms with van der Waals surface area (Å²) in [5, 5.41) is 4.30. The normalized spacial score (nSPS) is 27.9. The van der Waals surface area contributed by atoms with E-state index in [0.29, 0.717) is 11.3 Å². The molecule has 1 fully saturated rings. The zero-order valence-corrected chi connectivity index (χ0v) is 14.0. The Kier molecular flexibility index (Phi) is 5.66. The predicted octanol–water partition coefficient (Wildman–Crippen LogP) is 3.74. The van der Waals surface area contributed by atoms with Gasteiger partial charge >= 0.3 is 0 Å². The van der Waals surface area contributed by atoms with Crippen molar-refractivity contribution in [3.05, 3.63) is 5.82 Å². The molecule has 108 valence electrons. The van der Waals surface area contributed by atoms with E-state index in [1.54, 1.807) is 11.5 Å². The van der Waals surface area contributed by atoms with E-state index in [1.165, 1.54) is 19.3 Å². The largest absolute Gasteiger partial charge is 0.313 e. The van der Waals surface area contributed by atoms with Crippen LogP contribution in [0.25, 0.3) is 0 Å². The standard InChI is InChI=1S/C14H25N3S2/c1-5-15-12-7-6-11(9(2)3)8-13(12)18-14-16-10(4)17-19-14/h9,11-13,15H,5-8H2,1-4H3. The van der Waals surface area contributed by atoms with Crippen LogP contribution >= 0.6 is 23.3 Å². The molecule has 3 nitrogen and oxygen atoms in total. The van der Waals surface area contributed by atoms with E-state index in [-0.39, 0.29) is 0 Å². The van der Waals surface area contributed by atoms with Gasteiger partial charge in [0.15, 0.2) is 4.34 Å². The lowest BCUT2D eigenvalue weighted by molar-refractivity contribution is 0.247. The number of hydrogen-bond acceptors (Lipinski definition) is 5. The highest BCUT2D eigenvalue weighted by Crippen LogP contribution is 2.39. The van der Waals surface area contributed by atoms with Gasteiger partial charge in [-0.3, -0.25) is 0 Å². The highest BCUT2D eigenvalue weighted by atomic mass is 32.2. The van der Waals surface area contributed by atoms with E-state index in [2.05, 4.69) is 35.4 Å². The molecule has 1 N–H and O–H groups in total. The summed E-state index contributed by atoms with van der Waals surface area (Å²) < 4.78 is 5.43. The third kappa shape index (κ3) is 4.17. The fraction of sp³-hybridized carbons (Fsp3) is 0.857. The first-order valence-corrected chi connectivity index (χ1v) is 8.95. The van der Waals surface area contributed by atoms with E-state index >= 15 is 0 Å². The van der Waals surface area contributed by atoms with Gasteiger partial charge in [0.1, 0.15) is 5.82 Å². The van der Waals surface area contributed by atoms with Crippen molar-refractivity contribution < 1.29 is 0 Å². The van der Waals surface area contributed by atoms with Crippen molar-refractivity contribution in [3.63, 3.8) is 0 Å². The van der Waals surface area contributed by atoms with Crippen LogP contribution in [-0.2, 0) is 0 Å². The summed E-state index contributed by atoms with van der Waals surface area (Å²) >= 11 is 3.48. The summed E-state index contributed by atoms with van der Waals surface area (Å²) in [5.74, 6) is 2.56. The smallest absolute Gasteiger partial charge is 0.170 e. The molecule has 0 aliphatic heterocycles. The van der Waals surface area contributed by atoms with Gasteiger partial charge in [-0.25, -0.2) is 4.98 Å². The summed E-state index contributed by atoms with van der Waals surface area (Å²) in [6.07, 6.45) is 3.96. The van der Waals surface area contributed by atoms with E-state index in [4.69, 9.17) is 0 Å². The van der Waals surface area contributed by atoms with E-state index < -0.39 is 0 Å². The Hall–Kier alpha value is -0.130. The molecule has 0 spiro atoms. The van der Waals surface area contributed by atoms with E-state index in [1.807, 2.05) is 18.7 Å². The fourth-order valence-corrected chi connectivity index (χ4v) is 5.11. The van der Waals surface area contributed by atoms with Crippen molar-refractivity contribution in [3.8, 4) is 0 Å².